The van der Waals surface area contributed by atoms with E-state index >= 15 is 0 Å². The molecule has 1 rings (SSSR count). The van der Waals surface area contributed by atoms with Crippen LogP contribution in [0.2, 0.25) is 0 Å². The van der Waals surface area contributed by atoms with Crippen molar-refractivity contribution in [2.75, 3.05) is 40.6 Å². The number of esters is 2. The maximum atomic E-state index is 10.9. The molecule has 0 bridgehead atoms. The van der Waals surface area contributed by atoms with Gasteiger partial charge in [-0.3, -0.25) is 14.4 Å². The minimum absolute atomic E-state index is 0.0816. The molecule has 0 aliphatic carbocycles. The monoisotopic (exact) mass is 366 g/mol. The first kappa shape index (κ1) is 25.7. The van der Waals surface area contributed by atoms with Gasteiger partial charge in [0.1, 0.15) is 12.2 Å². The topological polar surface area (TPSA) is 129 Å². The molecule has 2 N–H and O–H groups in total. The van der Waals surface area contributed by atoms with Gasteiger partial charge in [0.15, 0.2) is 5.79 Å². The molecule has 0 spiro atoms. The third kappa shape index (κ3) is 13.4. The Hall–Kier alpha value is -1.55. The quantitative estimate of drug-likeness (QED) is 0.479. The number of aliphatic hydroxyl groups excluding tert-OH is 2. The molecule has 148 valence electrons. The molecule has 0 amide bonds. The van der Waals surface area contributed by atoms with Crippen molar-refractivity contribution in [2.24, 2.45) is 0 Å². The van der Waals surface area contributed by atoms with Crippen LogP contribution in [0.3, 0.4) is 0 Å². The fourth-order valence-electron chi connectivity index (χ4n) is 1.58. The largest absolute Gasteiger partial charge is 0.469 e. The molecule has 0 saturated carbocycles. The molecule has 0 unspecified atom stereocenters. The molecule has 1 saturated heterocycles. The summed E-state index contributed by atoms with van der Waals surface area (Å²) in [6.45, 7) is 4.51. The van der Waals surface area contributed by atoms with Gasteiger partial charge in [-0.1, -0.05) is 13.8 Å². The summed E-state index contributed by atoms with van der Waals surface area (Å²) < 4.78 is 19.5. The van der Waals surface area contributed by atoms with Crippen molar-refractivity contribution in [3.63, 3.8) is 0 Å². The Morgan fingerprint density at radius 2 is 1.44 bits per heavy atom. The number of carbonyl (C=O) groups excluding carboxylic acids is 3. The van der Waals surface area contributed by atoms with Gasteiger partial charge in [-0.15, -0.1) is 0 Å². The van der Waals surface area contributed by atoms with Gasteiger partial charge in [-0.25, -0.2) is 0 Å². The van der Waals surface area contributed by atoms with E-state index in [9.17, 15) is 14.4 Å². The van der Waals surface area contributed by atoms with Crippen LogP contribution >= 0.6 is 0 Å². The minimum Gasteiger partial charge on any atom is -0.469 e. The minimum atomic E-state index is -0.715. The summed E-state index contributed by atoms with van der Waals surface area (Å²) in [6, 6.07) is 0. The highest BCUT2D eigenvalue weighted by molar-refractivity contribution is 5.95. The van der Waals surface area contributed by atoms with E-state index < -0.39 is 11.8 Å². The van der Waals surface area contributed by atoms with Crippen LogP contribution in [-0.4, -0.2) is 74.4 Å². The Labute approximate surface area is 148 Å². The van der Waals surface area contributed by atoms with E-state index in [1.807, 2.05) is 6.92 Å². The predicted octanol–water partition coefficient (Wildman–Crippen LogP) is 0.202. The van der Waals surface area contributed by atoms with Crippen molar-refractivity contribution in [1.82, 2.24) is 0 Å². The summed E-state index contributed by atoms with van der Waals surface area (Å²) in [5, 5.41) is 15.2. The Balaban J connectivity index is 0. The van der Waals surface area contributed by atoms with Crippen LogP contribution in [0, 0.1) is 0 Å². The molecule has 9 heteroatoms. The Kier molecular flexibility index (Phi) is 16.4. The zero-order chi connectivity index (χ0) is 19.7. The van der Waals surface area contributed by atoms with Crippen LogP contribution < -0.4 is 0 Å². The van der Waals surface area contributed by atoms with Crippen molar-refractivity contribution in [3.05, 3.63) is 0 Å². The number of hydrogen-bond acceptors (Lipinski definition) is 9. The average Bonchev–Trinajstić information content (AvgIpc) is 3.10. The van der Waals surface area contributed by atoms with E-state index in [4.69, 9.17) is 19.7 Å². The lowest BCUT2D eigenvalue weighted by molar-refractivity contribution is -0.182. The van der Waals surface area contributed by atoms with Crippen molar-refractivity contribution in [1.29, 1.82) is 0 Å². The van der Waals surface area contributed by atoms with Gasteiger partial charge in [-0.2, -0.15) is 0 Å². The van der Waals surface area contributed by atoms with Crippen LogP contribution in [0.25, 0.3) is 0 Å². The highest BCUT2D eigenvalue weighted by atomic mass is 16.7. The number of aliphatic hydroxyl groups is 2. The predicted molar refractivity (Wildman–Crippen MR) is 87.7 cm³/mol. The smallest absolute Gasteiger partial charge is 0.313 e. The number of hydrogen-bond donors (Lipinski definition) is 2. The highest BCUT2D eigenvalue weighted by Gasteiger charge is 2.37. The van der Waals surface area contributed by atoms with Crippen LogP contribution in [-0.2, 0) is 33.3 Å². The van der Waals surface area contributed by atoms with Crippen molar-refractivity contribution in [2.45, 2.75) is 45.3 Å². The molecule has 0 radical (unpaired) electrons. The van der Waals surface area contributed by atoms with Crippen molar-refractivity contribution in [3.8, 4) is 0 Å². The van der Waals surface area contributed by atoms with Crippen LogP contribution in [0.15, 0.2) is 0 Å². The molecule has 9 nitrogen and oxygen atoms in total. The Morgan fingerprint density at radius 1 is 0.960 bits per heavy atom. The zero-order valence-electron chi connectivity index (χ0n) is 15.4. The van der Waals surface area contributed by atoms with Gasteiger partial charge >= 0.3 is 11.9 Å². The standard InChI is InChI=1S/C8H14O4.C6H10O3.C2H6O2/c1-3-8(6-7(9)10-2)11-4-5-12-8;1-3-5(7)4-6(8)9-2;3-1-2-4/h3-6H2,1-2H3;3-4H2,1-2H3;3-4H,1-2H2. The number of rotatable bonds is 7. The molecule has 1 heterocycles. The summed E-state index contributed by atoms with van der Waals surface area (Å²) in [4.78, 5) is 31.8. The van der Waals surface area contributed by atoms with Crippen LogP contribution in [0.1, 0.15) is 39.5 Å². The second kappa shape index (κ2) is 15.9. The third-order valence-corrected chi connectivity index (χ3v) is 3.06. The number of ketones is 1. The summed E-state index contributed by atoms with van der Waals surface area (Å²) >= 11 is 0. The lowest BCUT2D eigenvalue weighted by atomic mass is 10.1. The van der Waals surface area contributed by atoms with Gasteiger partial charge in [0.25, 0.3) is 0 Å². The summed E-state index contributed by atoms with van der Waals surface area (Å²) in [7, 11) is 2.63. The van der Waals surface area contributed by atoms with Gasteiger partial charge in [-0.05, 0) is 6.42 Å². The average molecular weight is 366 g/mol. The number of carbonyl (C=O) groups is 3. The molecule has 1 aliphatic rings. The van der Waals surface area contributed by atoms with E-state index in [0.717, 1.165) is 0 Å². The van der Waals surface area contributed by atoms with Crippen molar-refractivity contribution >= 4 is 17.7 Å². The van der Waals surface area contributed by atoms with Crippen molar-refractivity contribution < 1.29 is 43.5 Å². The maximum Gasteiger partial charge on any atom is 0.313 e. The lowest BCUT2D eigenvalue weighted by Crippen LogP contribution is -2.32. The summed E-state index contributed by atoms with van der Waals surface area (Å²) in [5.41, 5.74) is 0. The molecule has 0 aromatic heterocycles. The van der Waals surface area contributed by atoms with Gasteiger partial charge in [0.2, 0.25) is 0 Å². The molecule has 0 aromatic carbocycles. The number of methoxy groups -OCH3 is 2. The third-order valence-electron chi connectivity index (χ3n) is 3.06. The molecule has 1 fully saturated rings. The Morgan fingerprint density at radius 3 is 1.76 bits per heavy atom. The molecule has 1 aliphatic heterocycles. The Bertz CT molecular complexity index is 360. The van der Waals surface area contributed by atoms with E-state index in [2.05, 4.69) is 9.47 Å². The van der Waals surface area contributed by atoms with Crippen LogP contribution in [0.4, 0.5) is 0 Å². The fraction of sp³-hybridized carbons (Fsp3) is 0.812. The molecular formula is C16H30O9. The van der Waals surface area contributed by atoms with Crippen LogP contribution in [0.5, 0.6) is 0 Å². The second-order valence-corrected chi connectivity index (χ2v) is 4.81. The molecular weight excluding hydrogens is 336 g/mol. The lowest BCUT2D eigenvalue weighted by Gasteiger charge is -2.24. The summed E-state index contributed by atoms with van der Waals surface area (Å²) in [6.07, 6.45) is 1.16. The van der Waals surface area contributed by atoms with E-state index in [1.54, 1.807) is 6.92 Å². The first-order valence-electron chi connectivity index (χ1n) is 7.99. The maximum absolute atomic E-state index is 10.9. The fourth-order valence-corrected chi connectivity index (χ4v) is 1.58. The van der Waals surface area contributed by atoms with Gasteiger partial charge < -0.3 is 29.2 Å². The van der Waals surface area contributed by atoms with E-state index in [0.29, 0.717) is 26.1 Å². The summed E-state index contributed by atoms with van der Waals surface area (Å²) in [5.74, 6) is -1.55. The van der Waals surface area contributed by atoms with Gasteiger partial charge in [0, 0.05) is 6.42 Å². The van der Waals surface area contributed by atoms with Gasteiger partial charge in [0.05, 0.1) is 47.1 Å². The molecule has 0 aromatic rings. The second-order valence-electron chi connectivity index (χ2n) is 4.81. The molecule has 0 atom stereocenters. The first-order valence-corrected chi connectivity index (χ1v) is 7.99. The first-order chi connectivity index (χ1) is 11.8. The highest BCUT2D eigenvalue weighted by Crippen LogP contribution is 2.27. The number of Topliss-reactive ketones (excluding diaryl/α,β-unsaturated/α-hetero) is 1. The zero-order valence-corrected chi connectivity index (χ0v) is 15.4. The number of ether oxygens (including phenoxy) is 4. The van der Waals surface area contributed by atoms with E-state index in [-0.39, 0.29) is 37.8 Å². The molecule has 25 heavy (non-hydrogen) atoms. The normalized spacial score (nSPS) is 14.3. The van der Waals surface area contributed by atoms with E-state index in [1.165, 1.54) is 14.2 Å². The SMILES string of the molecule is CCC(=O)CC(=O)OC.CCC1(CC(=O)OC)OCCO1.OCCO.